The van der Waals surface area contributed by atoms with Crippen LogP contribution in [0, 0.1) is 5.92 Å². The number of aliphatic carboxylic acids is 1. The molecule has 0 saturated heterocycles. The highest BCUT2D eigenvalue weighted by Gasteiger charge is 2.28. The van der Waals surface area contributed by atoms with Crippen LogP contribution in [0.3, 0.4) is 0 Å². The molecule has 0 aliphatic heterocycles. The number of rotatable bonds is 4. The summed E-state index contributed by atoms with van der Waals surface area (Å²) in [5.74, 6) is -1.59. The van der Waals surface area contributed by atoms with Gasteiger partial charge in [0.1, 0.15) is 0 Å². The minimum absolute atomic E-state index is 0. The van der Waals surface area contributed by atoms with Gasteiger partial charge in [0.15, 0.2) is 0 Å². The Morgan fingerprint density at radius 2 is 1.88 bits per heavy atom. The van der Waals surface area contributed by atoms with Crippen LogP contribution in [-0.2, 0) is 4.79 Å². The lowest BCUT2D eigenvalue weighted by molar-refractivity contribution is -0.141. The van der Waals surface area contributed by atoms with E-state index < -0.39 is 17.4 Å². The van der Waals surface area contributed by atoms with E-state index in [0.717, 1.165) is 5.56 Å². The minimum atomic E-state index is -0.903. The van der Waals surface area contributed by atoms with Gasteiger partial charge >= 0.3 is 5.97 Å². The van der Waals surface area contributed by atoms with Crippen LogP contribution in [-0.4, -0.2) is 16.6 Å². The van der Waals surface area contributed by atoms with Gasteiger partial charge in [0, 0.05) is 5.54 Å². The van der Waals surface area contributed by atoms with Crippen molar-refractivity contribution in [3.8, 4) is 0 Å². The number of benzene rings is 1. The average molecular weight is 256 g/mol. The molecule has 0 bridgehead atoms. The summed E-state index contributed by atoms with van der Waals surface area (Å²) >= 11 is 0. The molecule has 1 aromatic rings. The molecule has 0 fully saturated rings. The minimum Gasteiger partial charge on any atom is -0.481 e. The molecule has 0 aliphatic rings. The Hall–Kier alpha value is -1.32. The molecule has 0 heterocycles. The molecule has 1 unspecified atom stereocenters. The highest BCUT2D eigenvalue weighted by Crippen LogP contribution is 2.17. The molecule has 0 spiro atoms. The van der Waals surface area contributed by atoms with Gasteiger partial charge in [-0.25, -0.2) is 0 Å². The van der Waals surface area contributed by atoms with Gasteiger partial charge in [-0.2, -0.15) is 0 Å². The van der Waals surface area contributed by atoms with Crippen molar-refractivity contribution in [2.75, 3.05) is 0 Å². The van der Waals surface area contributed by atoms with Crippen molar-refractivity contribution in [2.24, 2.45) is 11.7 Å². The first-order valence-electron chi connectivity index (χ1n) is 5.16. The van der Waals surface area contributed by atoms with Crippen molar-refractivity contribution in [3.63, 3.8) is 0 Å². The Morgan fingerprint density at radius 3 is 2.29 bits per heavy atom. The lowest BCUT2D eigenvalue weighted by Crippen LogP contribution is -2.43. The number of carboxylic acids is 1. The van der Waals surface area contributed by atoms with Gasteiger partial charge in [0.2, 0.25) is 0 Å². The summed E-state index contributed by atoms with van der Waals surface area (Å²) in [4.78, 5) is 11.0. The number of carbonyl (C=O) groups is 1. The number of carboxylic acid groups (broad SMARTS) is 1. The predicted molar refractivity (Wildman–Crippen MR) is 72.1 cm³/mol. The van der Waals surface area contributed by atoms with Gasteiger partial charge in [-0.1, -0.05) is 42.5 Å². The summed E-state index contributed by atoms with van der Waals surface area (Å²) in [6.45, 7) is 3.42. The normalized spacial score (nSPS) is 13.1. The van der Waals surface area contributed by atoms with Crippen LogP contribution in [0.15, 0.2) is 36.4 Å². The van der Waals surface area contributed by atoms with Crippen LogP contribution in [0.25, 0.3) is 6.08 Å². The SMILES string of the molecule is CC(C)(N)C(C=Cc1ccccc1)C(=O)O.Cl. The summed E-state index contributed by atoms with van der Waals surface area (Å²) in [6, 6.07) is 9.56. The zero-order valence-electron chi connectivity index (χ0n) is 9.96. The second kappa shape index (κ2) is 6.42. The first-order chi connectivity index (χ1) is 7.41. The van der Waals surface area contributed by atoms with Gasteiger partial charge in [-0.3, -0.25) is 4.79 Å². The van der Waals surface area contributed by atoms with Gasteiger partial charge in [0.25, 0.3) is 0 Å². The zero-order valence-corrected chi connectivity index (χ0v) is 10.8. The molecule has 0 aliphatic carbocycles. The fourth-order valence-corrected chi connectivity index (χ4v) is 1.42. The molecule has 1 atom stereocenters. The number of nitrogens with two attached hydrogens (primary N) is 1. The molecule has 3 nitrogen and oxygen atoms in total. The van der Waals surface area contributed by atoms with E-state index in [-0.39, 0.29) is 12.4 Å². The van der Waals surface area contributed by atoms with Crippen molar-refractivity contribution in [1.29, 1.82) is 0 Å². The molecule has 1 aromatic carbocycles. The molecule has 4 heteroatoms. The fraction of sp³-hybridized carbons (Fsp3) is 0.308. The summed E-state index contributed by atoms with van der Waals surface area (Å²) in [5.41, 5.74) is 6.02. The van der Waals surface area contributed by atoms with Crippen LogP contribution in [0.5, 0.6) is 0 Å². The Balaban J connectivity index is 0.00000256. The van der Waals surface area contributed by atoms with Crippen molar-refractivity contribution in [2.45, 2.75) is 19.4 Å². The van der Waals surface area contributed by atoms with Crippen LogP contribution in [0.4, 0.5) is 0 Å². The number of hydrogen-bond donors (Lipinski definition) is 2. The van der Waals surface area contributed by atoms with Gasteiger partial charge < -0.3 is 10.8 Å². The Labute approximate surface area is 108 Å². The van der Waals surface area contributed by atoms with E-state index in [9.17, 15) is 4.79 Å². The average Bonchev–Trinajstić information content (AvgIpc) is 2.17. The van der Waals surface area contributed by atoms with E-state index in [0.29, 0.717) is 0 Å². The van der Waals surface area contributed by atoms with Crippen LogP contribution >= 0.6 is 12.4 Å². The predicted octanol–water partition coefficient (Wildman–Crippen LogP) is 2.56. The van der Waals surface area contributed by atoms with Gasteiger partial charge in [-0.15, -0.1) is 12.4 Å². The molecule has 0 aromatic heterocycles. The third-order valence-corrected chi connectivity index (χ3v) is 2.35. The highest BCUT2D eigenvalue weighted by atomic mass is 35.5. The van der Waals surface area contributed by atoms with E-state index in [2.05, 4.69) is 0 Å². The van der Waals surface area contributed by atoms with Crippen molar-refractivity contribution in [1.82, 2.24) is 0 Å². The standard InChI is InChI=1S/C13H17NO2.ClH/c1-13(2,14)11(12(15)16)9-8-10-6-4-3-5-7-10;/h3-9,11H,14H2,1-2H3,(H,15,16);1H. The summed E-state index contributed by atoms with van der Waals surface area (Å²) in [6.07, 6.45) is 3.42. The van der Waals surface area contributed by atoms with Crippen molar-refractivity contribution >= 4 is 24.5 Å². The van der Waals surface area contributed by atoms with Gasteiger partial charge in [0.05, 0.1) is 5.92 Å². The van der Waals surface area contributed by atoms with Gasteiger partial charge in [-0.05, 0) is 19.4 Å². The molecular formula is C13H18ClNO2. The second-order valence-corrected chi connectivity index (χ2v) is 4.41. The monoisotopic (exact) mass is 255 g/mol. The third-order valence-electron chi connectivity index (χ3n) is 2.35. The molecule has 17 heavy (non-hydrogen) atoms. The summed E-state index contributed by atoms with van der Waals surface area (Å²) in [7, 11) is 0. The van der Waals surface area contributed by atoms with Crippen molar-refractivity contribution < 1.29 is 9.90 Å². The smallest absolute Gasteiger partial charge is 0.312 e. The molecule has 1 rings (SSSR count). The fourth-order valence-electron chi connectivity index (χ4n) is 1.42. The highest BCUT2D eigenvalue weighted by molar-refractivity contribution is 5.85. The Morgan fingerprint density at radius 1 is 1.35 bits per heavy atom. The topological polar surface area (TPSA) is 63.3 Å². The molecule has 3 N–H and O–H groups in total. The Bertz CT molecular complexity index is 382. The maximum atomic E-state index is 11.0. The van der Waals surface area contributed by atoms with Crippen molar-refractivity contribution in [3.05, 3.63) is 42.0 Å². The lowest BCUT2D eigenvalue weighted by atomic mass is 9.88. The van der Waals surface area contributed by atoms with E-state index >= 15 is 0 Å². The maximum Gasteiger partial charge on any atom is 0.312 e. The lowest BCUT2D eigenvalue weighted by Gasteiger charge is -2.24. The number of hydrogen-bond acceptors (Lipinski definition) is 2. The van der Waals surface area contributed by atoms with Crippen LogP contribution in [0.2, 0.25) is 0 Å². The summed E-state index contributed by atoms with van der Waals surface area (Å²) < 4.78 is 0. The van der Waals surface area contributed by atoms with E-state index in [1.807, 2.05) is 30.3 Å². The molecule has 0 amide bonds. The zero-order chi connectivity index (χ0) is 12.2. The largest absolute Gasteiger partial charge is 0.481 e. The third kappa shape index (κ3) is 5.02. The maximum absolute atomic E-state index is 11.0. The molecular weight excluding hydrogens is 238 g/mol. The first kappa shape index (κ1) is 15.7. The molecule has 0 radical (unpaired) electrons. The van der Waals surface area contributed by atoms with E-state index in [4.69, 9.17) is 10.8 Å². The number of halogens is 1. The second-order valence-electron chi connectivity index (χ2n) is 4.41. The van der Waals surface area contributed by atoms with E-state index in [1.165, 1.54) is 0 Å². The van der Waals surface area contributed by atoms with Crippen LogP contribution < -0.4 is 5.73 Å². The molecule has 0 saturated carbocycles. The summed E-state index contributed by atoms with van der Waals surface area (Å²) in [5, 5.41) is 9.06. The quantitative estimate of drug-likeness (QED) is 0.869. The first-order valence-corrected chi connectivity index (χ1v) is 5.16. The van der Waals surface area contributed by atoms with Crippen LogP contribution in [0.1, 0.15) is 19.4 Å². The molecule has 94 valence electrons. The van der Waals surface area contributed by atoms with E-state index in [1.54, 1.807) is 26.0 Å². The Kier molecular flexibility index (Phi) is 5.93.